The normalized spacial score (nSPS) is 32.4. The topological polar surface area (TPSA) is 40.9 Å². The van der Waals surface area contributed by atoms with E-state index in [-0.39, 0.29) is 16.6 Å². The van der Waals surface area contributed by atoms with Crippen molar-refractivity contribution in [3.8, 4) is 6.07 Å². The summed E-state index contributed by atoms with van der Waals surface area (Å²) in [6.07, 6.45) is 11.4. The minimum atomic E-state index is 0.0331. The molecule has 6 rings (SSSR count). The fourth-order valence-corrected chi connectivity index (χ4v) is 6.85. The predicted octanol–water partition coefficient (Wildman–Crippen LogP) is 6.49. The summed E-state index contributed by atoms with van der Waals surface area (Å²) in [4.78, 5) is 12.7. The molecule has 2 unspecified atom stereocenters. The highest BCUT2D eigenvalue weighted by Crippen LogP contribution is 2.66. The molecule has 4 aliphatic carbocycles. The second-order valence-electron chi connectivity index (χ2n) is 9.50. The van der Waals surface area contributed by atoms with Crippen molar-refractivity contribution in [3.63, 3.8) is 0 Å². The number of hydrogen-bond donors (Lipinski definition) is 0. The van der Waals surface area contributed by atoms with Crippen LogP contribution in [0.25, 0.3) is 0 Å². The highest BCUT2D eigenvalue weighted by atomic mass is 35.5. The molecule has 4 saturated carbocycles. The average molecular weight is 402 g/mol. The summed E-state index contributed by atoms with van der Waals surface area (Å²) in [6, 6.07) is 17.5. The molecule has 0 radical (unpaired) electrons. The van der Waals surface area contributed by atoms with Crippen molar-refractivity contribution >= 4 is 17.4 Å². The summed E-state index contributed by atoms with van der Waals surface area (Å²) in [5.74, 6) is 1.54. The molecule has 29 heavy (non-hydrogen) atoms. The maximum absolute atomic E-state index is 12.7. The molecular formula is C26H24ClNO. The van der Waals surface area contributed by atoms with Gasteiger partial charge in [-0.25, -0.2) is 0 Å². The van der Waals surface area contributed by atoms with Gasteiger partial charge in [0.2, 0.25) is 0 Å². The number of nitrogens with zero attached hydrogens (tertiary/aromatic N) is 1. The second kappa shape index (κ2) is 6.85. The Bertz CT molecular complexity index is 998. The third-order valence-electron chi connectivity index (χ3n) is 7.45. The number of halogens is 1. The highest BCUT2D eigenvalue weighted by molar-refractivity contribution is 6.30. The van der Waals surface area contributed by atoms with E-state index in [4.69, 9.17) is 16.9 Å². The first-order valence-electron chi connectivity index (χ1n) is 10.5. The van der Waals surface area contributed by atoms with E-state index < -0.39 is 0 Å². The zero-order chi connectivity index (χ0) is 20.1. The van der Waals surface area contributed by atoms with Gasteiger partial charge in [-0.05, 0) is 109 Å². The number of ketones is 1. The maximum Gasteiger partial charge on any atom is 0.185 e. The maximum atomic E-state index is 12.7. The molecule has 0 N–H and O–H groups in total. The molecule has 0 heterocycles. The number of benzene rings is 2. The molecule has 0 aliphatic heterocycles. The Balaban J connectivity index is 1.42. The molecule has 2 aromatic rings. The number of nitriles is 1. The average Bonchev–Trinajstić information content (AvgIpc) is 2.71. The van der Waals surface area contributed by atoms with E-state index in [1.54, 1.807) is 30.3 Å². The van der Waals surface area contributed by atoms with Crippen LogP contribution in [0.2, 0.25) is 5.02 Å². The van der Waals surface area contributed by atoms with Crippen molar-refractivity contribution in [3.05, 3.63) is 82.4 Å². The predicted molar refractivity (Wildman–Crippen MR) is 115 cm³/mol. The molecule has 0 spiro atoms. The molecule has 0 saturated heterocycles. The summed E-state index contributed by atoms with van der Waals surface area (Å²) in [6.45, 7) is 0. The summed E-state index contributed by atoms with van der Waals surface area (Å²) in [5, 5.41) is 9.74. The number of hydrogen-bond acceptors (Lipinski definition) is 2. The fraction of sp³-hybridized carbons (Fsp3) is 0.385. The van der Waals surface area contributed by atoms with Gasteiger partial charge >= 0.3 is 0 Å². The Morgan fingerprint density at radius 3 is 2.28 bits per heavy atom. The van der Waals surface area contributed by atoms with Crippen LogP contribution >= 0.6 is 11.6 Å². The van der Waals surface area contributed by atoms with Gasteiger partial charge in [0.05, 0.1) is 11.6 Å². The van der Waals surface area contributed by atoms with Crippen molar-refractivity contribution in [2.45, 2.75) is 43.9 Å². The van der Waals surface area contributed by atoms with Gasteiger partial charge in [-0.15, -0.1) is 0 Å². The smallest absolute Gasteiger partial charge is 0.185 e. The molecule has 0 aromatic heterocycles. The van der Waals surface area contributed by atoms with E-state index in [9.17, 15) is 4.79 Å². The zero-order valence-corrected chi connectivity index (χ0v) is 17.2. The highest BCUT2D eigenvalue weighted by Gasteiger charge is 2.57. The Kier molecular flexibility index (Phi) is 4.41. The summed E-state index contributed by atoms with van der Waals surface area (Å²) >= 11 is 6.14. The number of allylic oxidation sites excluding steroid dienone is 2. The Labute approximate surface area is 177 Å². The molecular weight excluding hydrogens is 378 g/mol. The Morgan fingerprint density at radius 2 is 1.66 bits per heavy atom. The summed E-state index contributed by atoms with van der Waals surface area (Å²) in [5.41, 5.74) is 3.02. The number of rotatable bonds is 4. The molecule has 2 aromatic carbocycles. The molecule has 2 atom stereocenters. The van der Waals surface area contributed by atoms with E-state index in [2.05, 4.69) is 24.3 Å². The van der Waals surface area contributed by atoms with Gasteiger partial charge in [-0.1, -0.05) is 29.8 Å². The van der Waals surface area contributed by atoms with Crippen molar-refractivity contribution in [2.24, 2.45) is 17.3 Å². The van der Waals surface area contributed by atoms with Gasteiger partial charge in [0.1, 0.15) is 0 Å². The van der Waals surface area contributed by atoms with Gasteiger partial charge in [0.25, 0.3) is 0 Å². The number of carbonyl (C=O) groups is 1. The zero-order valence-electron chi connectivity index (χ0n) is 16.4. The Morgan fingerprint density at radius 1 is 1.00 bits per heavy atom. The van der Waals surface area contributed by atoms with Crippen LogP contribution in [0.15, 0.2) is 60.7 Å². The van der Waals surface area contributed by atoms with Gasteiger partial charge in [0, 0.05) is 10.6 Å². The molecule has 4 fully saturated rings. The lowest BCUT2D eigenvalue weighted by Crippen LogP contribution is -2.53. The van der Waals surface area contributed by atoms with Crippen LogP contribution in [0.3, 0.4) is 0 Å². The second-order valence-corrected chi connectivity index (χ2v) is 9.93. The largest absolute Gasteiger partial charge is 0.289 e. The Hall–Kier alpha value is -2.37. The first-order valence-corrected chi connectivity index (χ1v) is 10.9. The quantitative estimate of drug-likeness (QED) is 0.434. The minimum Gasteiger partial charge on any atom is -0.289 e. The van der Waals surface area contributed by atoms with Gasteiger partial charge in [0.15, 0.2) is 5.78 Å². The lowest BCUT2D eigenvalue weighted by Gasteiger charge is -2.62. The van der Waals surface area contributed by atoms with Crippen LogP contribution in [0.1, 0.15) is 60.0 Å². The molecule has 4 aliphatic rings. The van der Waals surface area contributed by atoms with Crippen molar-refractivity contribution in [1.29, 1.82) is 5.26 Å². The van der Waals surface area contributed by atoms with Crippen LogP contribution in [0.4, 0.5) is 0 Å². The van der Waals surface area contributed by atoms with E-state index in [1.807, 2.05) is 12.1 Å². The third-order valence-corrected chi connectivity index (χ3v) is 7.70. The monoisotopic (exact) mass is 401 g/mol. The molecule has 2 nitrogen and oxygen atoms in total. The summed E-state index contributed by atoms with van der Waals surface area (Å²) < 4.78 is 0. The van der Waals surface area contributed by atoms with Crippen LogP contribution in [-0.2, 0) is 5.41 Å². The minimum absolute atomic E-state index is 0.0331. The van der Waals surface area contributed by atoms with Crippen molar-refractivity contribution < 1.29 is 4.79 Å². The standard InChI is InChI=1S/C26H24ClNO/c27-23-7-5-22(6-8-23)26-14-19-11-20(15-26)13-25(12-19,17-26)10-9-24(29)21-3-1-18(16-28)2-4-21/h1-10,19-20H,11-15,17H2/b10-9+. The van der Waals surface area contributed by atoms with Crippen LogP contribution in [0.5, 0.6) is 0 Å². The third kappa shape index (κ3) is 3.32. The summed E-state index contributed by atoms with van der Waals surface area (Å²) in [7, 11) is 0. The van der Waals surface area contributed by atoms with Crippen molar-refractivity contribution in [2.75, 3.05) is 0 Å². The van der Waals surface area contributed by atoms with E-state index in [0.717, 1.165) is 23.3 Å². The van der Waals surface area contributed by atoms with Crippen LogP contribution in [0, 0.1) is 28.6 Å². The van der Waals surface area contributed by atoms with Crippen LogP contribution < -0.4 is 0 Å². The van der Waals surface area contributed by atoms with Gasteiger partial charge in [-0.2, -0.15) is 5.26 Å². The van der Waals surface area contributed by atoms with Gasteiger partial charge < -0.3 is 0 Å². The van der Waals surface area contributed by atoms with Gasteiger partial charge in [-0.3, -0.25) is 4.79 Å². The lowest BCUT2D eigenvalue weighted by atomic mass is 9.43. The lowest BCUT2D eigenvalue weighted by molar-refractivity contribution is -0.0455. The van der Waals surface area contributed by atoms with E-state index in [1.165, 1.54) is 37.7 Å². The van der Waals surface area contributed by atoms with E-state index in [0.29, 0.717) is 11.1 Å². The van der Waals surface area contributed by atoms with E-state index >= 15 is 0 Å². The molecule has 0 amide bonds. The SMILES string of the molecule is N#Cc1ccc(C(=O)/C=C/C23CC4CC(C2)CC(c2ccc(Cl)cc2)(C4)C3)cc1. The number of carbonyl (C=O) groups excluding carboxylic acids is 1. The first-order chi connectivity index (χ1) is 14.0. The molecule has 146 valence electrons. The fourth-order valence-electron chi connectivity index (χ4n) is 6.73. The van der Waals surface area contributed by atoms with Crippen LogP contribution in [-0.4, -0.2) is 5.78 Å². The first kappa shape index (κ1) is 18.6. The van der Waals surface area contributed by atoms with Crippen molar-refractivity contribution in [1.82, 2.24) is 0 Å². The molecule has 4 bridgehead atoms. The molecule has 3 heteroatoms.